The van der Waals surface area contributed by atoms with Crippen LogP contribution in [0.25, 0.3) is 0 Å². The van der Waals surface area contributed by atoms with Crippen molar-refractivity contribution in [2.75, 3.05) is 20.8 Å². The molecule has 3 rings (SSSR count). The molecule has 0 radical (unpaired) electrons. The topological polar surface area (TPSA) is 42.9 Å². The van der Waals surface area contributed by atoms with Crippen LogP contribution in [-0.2, 0) is 6.42 Å². The average Bonchev–Trinajstić information content (AvgIpc) is 2.94. The minimum Gasteiger partial charge on any atom is -0.493 e. The SMILES string of the molecule is C=CCN=C1N[C@H]2c3cc(OC)c(OC)cc3CC[C@@H]2S1. The van der Waals surface area contributed by atoms with Gasteiger partial charge in [-0.1, -0.05) is 17.8 Å². The number of amidine groups is 1. The van der Waals surface area contributed by atoms with E-state index in [0.29, 0.717) is 17.8 Å². The van der Waals surface area contributed by atoms with Crippen molar-refractivity contribution >= 4 is 16.9 Å². The van der Waals surface area contributed by atoms with Gasteiger partial charge in [0.05, 0.1) is 26.8 Å². The quantitative estimate of drug-likeness (QED) is 0.869. The maximum Gasteiger partial charge on any atom is 0.161 e. The van der Waals surface area contributed by atoms with Crippen LogP contribution >= 0.6 is 11.8 Å². The first-order chi connectivity index (χ1) is 10.3. The molecular weight excluding hydrogens is 284 g/mol. The summed E-state index contributed by atoms with van der Waals surface area (Å²) >= 11 is 1.84. The van der Waals surface area contributed by atoms with E-state index in [1.165, 1.54) is 11.1 Å². The van der Waals surface area contributed by atoms with E-state index in [9.17, 15) is 0 Å². The smallest absolute Gasteiger partial charge is 0.161 e. The largest absolute Gasteiger partial charge is 0.493 e. The van der Waals surface area contributed by atoms with Crippen LogP contribution in [-0.4, -0.2) is 31.2 Å². The Morgan fingerprint density at radius 3 is 2.86 bits per heavy atom. The predicted octanol–water partition coefficient (Wildman–Crippen LogP) is 2.94. The lowest BCUT2D eigenvalue weighted by Gasteiger charge is -2.28. The van der Waals surface area contributed by atoms with Crippen molar-refractivity contribution in [2.45, 2.75) is 24.1 Å². The van der Waals surface area contributed by atoms with Gasteiger partial charge in [-0.05, 0) is 36.1 Å². The fourth-order valence-corrected chi connectivity index (χ4v) is 4.16. The molecule has 2 atom stereocenters. The molecule has 0 spiro atoms. The van der Waals surface area contributed by atoms with Crippen molar-refractivity contribution in [1.29, 1.82) is 0 Å². The standard InChI is InChI=1S/C16H20N2O2S/c1-4-7-17-16-18-15-11-9-13(20-3)12(19-2)8-10(11)5-6-14(15)21-16/h4,8-9,14-15H,1,5-7H2,2-3H3,(H,17,18)/t14-,15-/m0/s1. The molecule has 1 fully saturated rings. The summed E-state index contributed by atoms with van der Waals surface area (Å²) in [6.07, 6.45) is 4.04. The summed E-state index contributed by atoms with van der Waals surface area (Å²) in [6, 6.07) is 4.52. The van der Waals surface area contributed by atoms with Gasteiger partial charge >= 0.3 is 0 Å². The molecule has 1 aliphatic carbocycles. The van der Waals surface area contributed by atoms with Crippen LogP contribution in [0.1, 0.15) is 23.6 Å². The highest BCUT2D eigenvalue weighted by atomic mass is 32.2. The monoisotopic (exact) mass is 304 g/mol. The maximum absolute atomic E-state index is 5.44. The molecule has 0 bridgehead atoms. The van der Waals surface area contributed by atoms with Gasteiger partial charge in [0.2, 0.25) is 0 Å². The second kappa shape index (κ2) is 6.02. The van der Waals surface area contributed by atoms with Crippen molar-refractivity contribution < 1.29 is 9.47 Å². The number of nitrogens with one attached hydrogen (secondary N) is 1. The van der Waals surface area contributed by atoms with E-state index in [1.807, 2.05) is 17.8 Å². The van der Waals surface area contributed by atoms with Gasteiger partial charge in [0.25, 0.3) is 0 Å². The maximum atomic E-state index is 5.44. The highest BCUT2D eigenvalue weighted by Gasteiger charge is 2.37. The van der Waals surface area contributed by atoms with Gasteiger partial charge in [-0.2, -0.15) is 0 Å². The number of thioether (sulfide) groups is 1. The number of hydrogen-bond acceptors (Lipinski definition) is 4. The zero-order chi connectivity index (χ0) is 14.8. The number of hydrogen-bond donors (Lipinski definition) is 1. The number of methoxy groups -OCH3 is 2. The molecular formula is C16H20N2O2S. The molecule has 1 heterocycles. The first-order valence-corrected chi connectivity index (χ1v) is 7.98. The number of aryl methyl sites for hydroxylation is 1. The molecule has 4 nitrogen and oxygen atoms in total. The van der Waals surface area contributed by atoms with Crippen molar-refractivity contribution in [2.24, 2.45) is 4.99 Å². The van der Waals surface area contributed by atoms with Crippen molar-refractivity contribution in [3.05, 3.63) is 35.9 Å². The molecule has 2 aliphatic rings. The summed E-state index contributed by atoms with van der Waals surface area (Å²) < 4.78 is 10.8. The molecule has 0 saturated carbocycles. The van der Waals surface area contributed by atoms with E-state index >= 15 is 0 Å². The number of benzene rings is 1. The average molecular weight is 304 g/mol. The third-order valence-electron chi connectivity index (χ3n) is 3.96. The Kier molecular flexibility index (Phi) is 4.10. The molecule has 0 amide bonds. The Morgan fingerprint density at radius 2 is 2.14 bits per heavy atom. The number of aliphatic imine (C=N–C) groups is 1. The van der Waals surface area contributed by atoms with Crippen molar-refractivity contribution in [1.82, 2.24) is 5.32 Å². The van der Waals surface area contributed by atoms with E-state index < -0.39 is 0 Å². The van der Waals surface area contributed by atoms with Crippen LogP contribution in [0, 0.1) is 0 Å². The first kappa shape index (κ1) is 14.3. The number of ether oxygens (including phenoxy) is 2. The highest BCUT2D eigenvalue weighted by Crippen LogP contribution is 2.45. The Hall–Kier alpha value is -1.62. The number of fused-ring (bicyclic) bond motifs is 3. The fourth-order valence-electron chi connectivity index (χ4n) is 2.95. The molecule has 1 saturated heterocycles. The van der Waals surface area contributed by atoms with E-state index in [-0.39, 0.29) is 0 Å². The zero-order valence-corrected chi connectivity index (χ0v) is 13.2. The Balaban J connectivity index is 1.93. The van der Waals surface area contributed by atoms with Crippen molar-refractivity contribution in [3.8, 4) is 11.5 Å². The molecule has 1 aromatic carbocycles. The predicted molar refractivity (Wildman–Crippen MR) is 87.6 cm³/mol. The summed E-state index contributed by atoms with van der Waals surface area (Å²) in [5.74, 6) is 1.60. The Bertz CT molecular complexity index is 586. The van der Waals surface area contributed by atoms with Crippen LogP contribution < -0.4 is 14.8 Å². The summed E-state index contributed by atoms with van der Waals surface area (Å²) in [5, 5.41) is 5.10. The summed E-state index contributed by atoms with van der Waals surface area (Å²) in [6.45, 7) is 4.38. The van der Waals surface area contributed by atoms with Gasteiger partial charge in [-0.15, -0.1) is 6.58 Å². The molecule has 1 N–H and O–H groups in total. The normalized spacial score (nSPS) is 25.0. The van der Waals surface area contributed by atoms with Crippen LogP contribution in [0.2, 0.25) is 0 Å². The summed E-state index contributed by atoms with van der Waals surface area (Å²) in [4.78, 5) is 4.51. The van der Waals surface area contributed by atoms with Gasteiger partial charge in [0.15, 0.2) is 16.7 Å². The lowest BCUT2D eigenvalue weighted by molar-refractivity contribution is 0.352. The van der Waals surface area contributed by atoms with Gasteiger partial charge in [0, 0.05) is 5.25 Å². The number of rotatable bonds is 4. The molecule has 5 heteroatoms. The van der Waals surface area contributed by atoms with E-state index in [4.69, 9.17) is 9.47 Å². The molecule has 21 heavy (non-hydrogen) atoms. The fraction of sp³-hybridized carbons (Fsp3) is 0.438. The van der Waals surface area contributed by atoms with Crippen LogP contribution in [0.5, 0.6) is 11.5 Å². The number of nitrogens with zero attached hydrogens (tertiary/aromatic N) is 1. The third kappa shape index (κ3) is 2.62. The van der Waals surface area contributed by atoms with E-state index in [2.05, 4.69) is 29.0 Å². The second-order valence-corrected chi connectivity index (χ2v) is 6.39. The molecule has 1 aromatic rings. The van der Waals surface area contributed by atoms with Crippen LogP contribution in [0.3, 0.4) is 0 Å². The van der Waals surface area contributed by atoms with Crippen LogP contribution in [0.4, 0.5) is 0 Å². The molecule has 0 aromatic heterocycles. The van der Waals surface area contributed by atoms with Gasteiger partial charge in [-0.25, -0.2) is 0 Å². The summed E-state index contributed by atoms with van der Waals surface area (Å²) in [5.41, 5.74) is 2.65. The summed E-state index contributed by atoms with van der Waals surface area (Å²) in [7, 11) is 3.36. The molecule has 112 valence electrons. The second-order valence-electron chi connectivity index (χ2n) is 5.16. The lowest BCUT2D eigenvalue weighted by Crippen LogP contribution is -2.28. The van der Waals surface area contributed by atoms with Gasteiger partial charge < -0.3 is 14.8 Å². The zero-order valence-electron chi connectivity index (χ0n) is 12.4. The first-order valence-electron chi connectivity index (χ1n) is 7.10. The minimum absolute atomic E-state index is 0.308. The third-order valence-corrected chi connectivity index (χ3v) is 5.24. The van der Waals surface area contributed by atoms with Crippen molar-refractivity contribution in [3.63, 3.8) is 0 Å². The Morgan fingerprint density at radius 1 is 1.38 bits per heavy atom. The lowest BCUT2D eigenvalue weighted by atomic mass is 9.87. The van der Waals surface area contributed by atoms with Gasteiger partial charge in [0.1, 0.15) is 0 Å². The molecule has 1 aliphatic heterocycles. The van der Waals surface area contributed by atoms with Crippen LogP contribution in [0.15, 0.2) is 29.8 Å². The minimum atomic E-state index is 0.308. The van der Waals surface area contributed by atoms with E-state index in [0.717, 1.165) is 29.5 Å². The highest BCUT2D eigenvalue weighted by molar-refractivity contribution is 8.14. The van der Waals surface area contributed by atoms with Gasteiger partial charge in [-0.3, -0.25) is 4.99 Å². The molecule has 0 unspecified atom stereocenters. The Labute approximate surface area is 129 Å². The van der Waals surface area contributed by atoms with E-state index in [1.54, 1.807) is 14.2 Å².